The van der Waals surface area contributed by atoms with Crippen molar-refractivity contribution in [2.75, 3.05) is 19.0 Å². The fraction of sp³-hybridized carbons (Fsp3) is 0.455. The summed E-state index contributed by atoms with van der Waals surface area (Å²) in [5.74, 6) is 0. The van der Waals surface area contributed by atoms with Gasteiger partial charge in [0.15, 0.2) is 0 Å². The molecule has 68 valence electrons. The molecule has 0 bridgehead atoms. The summed E-state index contributed by atoms with van der Waals surface area (Å²) < 4.78 is 0. The minimum absolute atomic E-state index is 0.614. The van der Waals surface area contributed by atoms with Gasteiger partial charge >= 0.3 is 87.2 Å². The molecule has 1 rings (SSSR count). The molecule has 0 spiro atoms. The summed E-state index contributed by atoms with van der Waals surface area (Å²) in [7, 11) is 4.18. The fourth-order valence-electron chi connectivity index (χ4n) is 1.27. The summed E-state index contributed by atoms with van der Waals surface area (Å²) in [4.78, 5) is 2.16. The number of benzene rings is 1. The summed E-state index contributed by atoms with van der Waals surface area (Å²) in [6.45, 7) is 2.27. The number of hydrogen-bond donors (Lipinski definition) is 0. The minimum atomic E-state index is 0.614. The van der Waals surface area contributed by atoms with Gasteiger partial charge in [-0.15, -0.1) is 0 Å². The number of anilines is 1. The molecule has 1 aromatic rings. The third-order valence-corrected chi connectivity index (χ3v) is 3.43. The third-order valence-electron chi connectivity index (χ3n) is 2.10. The topological polar surface area (TPSA) is 3.24 Å². The summed E-state index contributed by atoms with van der Waals surface area (Å²) in [5.41, 5.74) is 2.80. The van der Waals surface area contributed by atoms with Gasteiger partial charge in [-0.25, -0.2) is 0 Å². The molecule has 0 saturated heterocycles. The first-order valence-corrected chi connectivity index (χ1v) is 6.45. The van der Waals surface area contributed by atoms with Crippen LogP contribution in [0.2, 0.25) is 5.28 Å². The zero-order chi connectivity index (χ0) is 9.68. The fourth-order valence-corrected chi connectivity index (χ4v) is 2.15. The van der Waals surface area contributed by atoms with E-state index in [2.05, 4.69) is 50.2 Å². The molecule has 0 radical (unpaired) electrons. The molecule has 1 aromatic carbocycles. The molecule has 2 heteroatoms. The van der Waals surface area contributed by atoms with Crippen molar-refractivity contribution in [2.45, 2.75) is 17.5 Å². The van der Waals surface area contributed by atoms with Crippen molar-refractivity contribution in [3.8, 4) is 0 Å². The van der Waals surface area contributed by atoms with Gasteiger partial charge in [-0.2, -0.15) is 0 Å². The first-order valence-electron chi connectivity index (χ1n) is 4.82. The van der Waals surface area contributed by atoms with Crippen molar-refractivity contribution in [2.24, 2.45) is 0 Å². The first kappa shape index (κ1) is 10.6. The molecular formula is C11H17AlN+. The second-order valence-corrected chi connectivity index (χ2v) is 5.27. The molecule has 0 N–H and O–H groups in total. The van der Waals surface area contributed by atoms with E-state index in [-0.39, 0.29) is 0 Å². The van der Waals surface area contributed by atoms with Gasteiger partial charge in [-0.3, -0.25) is 0 Å². The van der Waals surface area contributed by atoms with E-state index in [0.29, 0.717) is 15.2 Å². The van der Waals surface area contributed by atoms with Crippen LogP contribution in [0.25, 0.3) is 0 Å². The van der Waals surface area contributed by atoms with Gasteiger partial charge in [0, 0.05) is 0 Å². The molecule has 0 atom stereocenters. The number of rotatable bonds is 4. The van der Waals surface area contributed by atoms with Crippen molar-refractivity contribution in [1.82, 2.24) is 0 Å². The van der Waals surface area contributed by atoms with E-state index in [0.717, 1.165) is 0 Å². The first-order chi connectivity index (χ1) is 6.24. The molecule has 13 heavy (non-hydrogen) atoms. The van der Waals surface area contributed by atoms with Crippen LogP contribution in [0.3, 0.4) is 0 Å². The van der Waals surface area contributed by atoms with Crippen molar-refractivity contribution in [3.05, 3.63) is 29.8 Å². The second kappa shape index (κ2) is 5.32. The van der Waals surface area contributed by atoms with Gasteiger partial charge in [0.25, 0.3) is 0 Å². The van der Waals surface area contributed by atoms with Crippen LogP contribution in [-0.2, 0) is 5.28 Å². The molecular weight excluding hydrogens is 173 g/mol. The Bertz CT molecular complexity index is 258. The standard InChI is InChI=1S/C9H12N.C2H5.Al/c1-8-5-4-6-9(7-8)10(2)3;1-2;/h4-7H,1H2,2-3H3;1H2,2H3;/q;;+1. The van der Waals surface area contributed by atoms with Gasteiger partial charge in [0.2, 0.25) is 0 Å². The summed E-state index contributed by atoms with van der Waals surface area (Å²) in [6, 6.07) is 8.84. The van der Waals surface area contributed by atoms with Gasteiger partial charge in [0.1, 0.15) is 0 Å². The van der Waals surface area contributed by atoms with Crippen LogP contribution in [0.4, 0.5) is 5.69 Å². The van der Waals surface area contributed by atoms with Crippen molar-refractivity contribution in [3.63, 3.8) is 0 Å². The predicted molar refractivity (Wildman–Crippen MR) is 60.7 cm³/mol. The molecule has 0 aliphatic heterocycles. The van der Waals surface area contributed by atoms with Crippen LogP contribution in [0.5, 0.6) is 0 Å². The molecule has 0 aliphatic carbocycles. The number of nitrogens with zero attached hydrogens (tertiary/aromatic N) is 1. The molecule has 0 fully saturated rings. The normalized spacial score (nSPS) is 9.46. The van der Waals surface area contributed by atoms with E-state index in [9.17, 15) is 0 Å². The predicted octanol–water partition coefficient (Wildman–Crippen LogP) is 2.40. The maximum atomic E-state index is 2.29. The quantitative estimate of drug-likeness (QED) is 0.659. The van der Waals surface area contributed by atoms with E-state index < -0.39 is 0 Å². The Kier molecular flexibility index (Phi) is 4.35. The van der Waals surface area contributed by atoms with Crippen LogP contribution in [0.1, 0.15) is 12.5 Å². The van der Waals surface area contributed by atoms with Crippen LogP contribution in [0.15, 0.2) is 24.3 Å². The summed E-state index contributed by atoms with van der Waals surface area (Å²) >= 11 is 0.614. The average molecular weight is 190 g/mol. The zero-order valence-corrected chi connectivity index (χ0v) is 9.90. The van der Waals surface area contributed by atoms with Gasteiger partial charge in [-0.1, -0.05) is 0 Å². The Morgan fingerprint density at radius 2 is 2.08 bits per heavy atom. The summed E-state index contributed by atoms with van der Waals surface area (Å²) in [5, 5.41) is 2.64. The molecule has 0 amide bonds. The Morgan fingerprint density at radius 1 is 1.31 bits per heavy atom. The molecule has 0 heterocycles. The van der Waals surface area contributed by atoms with E-state index >= 15 is 0 Å². The summed E-state index contributed by atoms with van der Waals surface area (Å²) in [6.07, 6.45) is 0. The Hall–Kier alpha value is -0.448. The monoisotopic (exact) mass is 190 g/mol. The second-order valence-electron chi connectivity index (χ2n) is 3.47. The molecule has 0 saturated carbocycles. The van der Waals surface area contributed by atoms with E-state index in [4.69, 9.17) is 0 Å². The van der Waals surface area contributed by atoms with E-state index in [1.807, 2.05) is 0 Å². The van der Waals surface area contributed by atoms with Gasteiger partial charge < -0.3 is 0 Å². The van der Waals surface area contributed by atoms with E-state index in [1.54, 1.807) is 0 Å². The molecule has 0 aliphatic rings. The van der Waals surface area contributed by atoms with Crippen molar-refractivity contribution < 1.29 is 0 Å². The average Bonchev–Trinajstić information content (AvgIpc) is 2.15. The Balaban J connectivity index is 2.68. The van der Waals surface area contributed by atoms with E-state index in [1.165, 1.54) is 21.8 Å². The number of hydrogen-bond acceptors (Lipinski definition) is 1. The van der Waals surface area contributed by atoms with Crippen LogP contribution < -0.4 is 4.90 Å². The van der Waals surface area contributed by atoms with Crippen LogP contribution in [0, 0.1) is 0 Å². The maximum absolute atomic E-state index is 2.29. The SMILES string of the molecule is C[CH2][Al+][CH2]c1cccc(N(C)C)c1. The Labute approximate surface area is 87.5 Å². The van der Waals surface area contributed by atoms with Crippen molar-refractivity contribution >= 4 is 20.9 Å². The van der Waals surface area contributed by atoms with Crippen LogP contribution >= 0.6 is 0 Å². The third kappa shape index (κ3) is 3.42. The molecule has 1 nitrogen and oxygen atoms in total. The van der Waals surface area contributed by atoms with Gasteiger partial charge in [0.05, 0.1) is 0 Å². The van der Waals surface area contributed by atoms with Gasteiger partial charge in [-0.05, 0) is 0 Å². The molecule has 0 unspecified atom stereocenters. The van der Waals surface area contributed by atoms with Crippen LogP contribution in [-0.4, -0.2) is 29.3 Å². The van der Waals surface area contributed by atoms with Crippen molar-refractivity contribution in [1.29, 1.82) is 0 Å². The zero-order valence-electron chi connectivity index (χ0n) is 8.75. The Morgan fingerprint density at radius 3 is 2.69 bits per heavy atom. The molecule has 0 aromatic heterocycles.